The smallest absolute Gasteiger partial charge is 0.0844 e. The van der Waals surface area contributed by atoms with E-state index in [4.69, 9.17) is 0 Å². The number of quaternary nitrogens is 1. The van der Waals surface area contributed by atoms with Gasteiger partial charge in [-0.05, 0) is 31.1 Å². The van der Waals surface area contributed by atoms with E-state index in [0.29, 0.717) is 5.41 Å². The fourth-order valence-electron chi connectivity index (χ4n) is 1.46. The molecule has 1 aliphatic rings. The molecular formula is C8H18N+. The van der Waals surface area contributed by atoms with Crippen molar-refractivity contribution >= 4 is 0 Å². The van der Waals surface area contributed by atoms with Crippen LogP contribution in [0.5, 0.6) is 0 Å². The second kappa shape index (κ2) is 2.30. The van der Waals surface area contributed by atoms with Gasteiger partial charge in [-0.2, -0.15) is 0 Å². The molecule has 9 heavy (non-hydrogen) atoms. The van der Waals surface area contributed by atoms with E-state index in [-0.39, 0.29) is 0 Å². The second-order valence-corrected chi connectivity index (χ2v) is 4.11. The van der Waals surface area contributed by atoms with Gasteiger partial charge in [0.25, 0.3) is 0 Å². The van der Waals surface area contributed by atoms with Crippen LogP contribution in [0.4, 0.5) is 0 Å². The molecule has 0 unspecified atom stereocenters. The van der Waals surface area contributed by atoms with Gasteiger partial charge in [0.15, 0.2) is 0 Å². The maximum Gasteiger partial charge on any atom is 0.0844 e. The van der Waals surface area contributed by atoms with Crippen molar-refractivity contribution in [2.75, 3.05) is 0 Å². The van der Waals surface area contributed by atoms with Gasteiger partial charge in [0.1, 0.15) is 0 Å². The number of hydrogen-bond acceptors (Lipinski definition) is 0. The molecule has 1 saturated carbocycles. The summed E-state index contributed by atoms with van der Waals surface area (Å²) >= 11 is 0. The molecule has 1 aliphatic carbocycles. The minimum atomic E-state index is 0.619. The highest BCUT2D eigenvalue weighted by molar-refractivity contribution is 4.76. The van der Waals surface area contributed by atoms with Gasteiger partial charge < -0.3 is 5.73 Å². The predicted molar refractivity (Wildman–Crippen MR) is 38.9 cm³/mol. The van der Waals surface area contributed by atoms with E-state index < -0.39 is 0 Å². The molecule has 0 amide bonds. The van der Waals surface area contributed by atoms with E-state index in [1.54, 1.807) is 0 Å². The summed E-state index contributed by atoms with van der Waals surface area (Å²) in [6, 6.07) is 0.748. The summed E-state index contributed by atoms with van der Waals surface area (Å²) in [6.07, 6.45) is 5.43. The van der Waals surface area contributed by atoms with Gasteiger partial charge in [0, 0.05) is 0 Å². The first-order valence-corrected chi connectivity index (χ1v) is 3.93. The van der Waals surface area contributed by atoms with E-state index in [1.807, 2.05) is 0 Å². The van der Waals surface area contributed by atoms with Crippen molar-refractivity contribution in [3.05, 3.63) is 0 Å². The highest BCUT2D eigenvalue weighted by atomic mass is 14.6. The lowest BCUT2D eigenvalue weighted by atomic mass is 9.76. The standard InChI is InChI=1S/C8H17N/c1-8(2)5-3-7(9)4-6-8/h7H,3-6,9H2,1-2H3/p+1. The molecular weight excluding hydrogens is 110 g/mol. The molecule has 1 heteroatoms. The molecule has 0 bridgehead atoms. The third-order valence-electron chi connectivity index (χ3n) is 2.46. The Morgan fingerprint density at radius 2 is 1.67 bits per heavy atom. The molecule has 1 rings (SSSR count). The summed E-state index contributed by atoms with van der Waals surface area (Å²) in [5.41, 5.74) is 4.68. The minimum Gasteiger partial charge on any atom is -0.355 e. The van der Waals surface area contributed by atoms with Gasteiger partial charge in [-0.1, -0.05) is 13.8 Å². The van der Waals surface area contributed by atoms with E-state index in [1.165, 1.54) is 25.7 Å². The first-order valence-electron chi connectivity index (χ1n) is 3.93. The lowest BCUT2D eigenvalue weighted by Gasteiger charge is -2.30. The van der Waals surface area contributed by atoms with E-state index in [2.05, 4.69) is 19.6 Å². The highest BCUT2D eigenvalue weighted by Gasteiger charge is 2.26. The Morgan fingerprint density at radius 1 is 1.22 bits per heavy atom. The van der Waals surface area contributed by atoms with Crippen LogP contribution in [0, 0.1) is 5.41 Å². The fourth-order valence-corrected chi connectivity index (χ4v) is 1.46. The van der Waals surface area contributed by atoms with Crippen LogP contribution < -0.4 is 5.73 Å². The second-order valence-electron chi connectivity index (χ2n) is 4.11. The van der Waals surface area contributed by atoms with Gasteiger partial charge >= 0.3 is 0 Å². The lowest BCUT2D eigenvalue weighted by molar-refractivity contribution is -0.427. The van der Waals surface area contributed by atoms with E-state index >= 15 is 0 Å². The molecule has 0 radical (unpaired) electrons. The van der Waals surface area contributed by atoms with E-state index in [0.717, 1.165) is 6.04 Å². The number of hydrogen-bond donors (Lipinski definition) is 1. The van der Waals surface area contributed by atoms with Gasteiger partial charge in [0.2, 0.25) is 0 Å². The predicted octanol–water partition coefficient (Wildman–Crippen LogP) is 1.20. The Hall–Kier alpha value is -0.0400. The van der Waals surface area contributed by atoms with Crippen molar-refractivity contribution in [2.45, 2.75) is 45.6 Å². The SMILES string of the molecule is CC1(C)CCC([NH3+])CC1. The molecule has 1 nitrogen and oxygen atoms in total. The summed E-state index contributed by atoms with van der Waals surface area (Å²) in [7, 11) is 0. The van der Waals surface area contributed by atoms with Crippen LogP contribution in [0.2, 0.25) is 0 Å². The molecule has 0 atom stereocenters. The zero-order valence-corrected chi connectivity index (χ0v) is 6.61. The first kappa shape index (κ1) is 7.07. The Bertz CT molecular complexity index is 86.7. The van der Waals surface area contributed by atoms with Crippen LogP contribution in [0.1, 0.15) is 39.5 Å². The van der Waals surface area contributed by atoms with Crippen molar-refractivity contribution in [2.24, 2.45) is 5.41 Å². The topological polar surface area (TPSA) is 27.6 Å². The molecule has 0 aromatic carbocycles. The van der Waals surface area contributed by atoms with Crippen LogP contribution in [0.15, 0.2) is 0 Å². The molecule has 0 aliphatic heterocycles. The van der Waals surface area contributed by atoms with Crippen LogP contribution >= 0.6 is 0 Å². The van der Waals surface area contributed by atoms with Crippen molar-refractivity contribution in [1.29, 1.82) is 0 Å². The third-order valence-corrected chi connectivity index (χ3v) is 2.46. The Morgan fingerprint density at radius 3 is 2.00 bits per heavy atom. The van der Waals surface area contributed by atoms with Gasteiger partial charge in [0.05, 0.1) is 6.04 Å². The van der Waals surface area contributed by atoms with Crippen LogP contribution in [-0.4, -0.2) is 6.04 Å². The quantitative estimate of drug-likeness (QED) is 0.507. The zero-order valence-electron chi connectivity index (χ0n) is 6.61. The zero-order chi connectivity index (χ0) is 6.91. The maximum absolute atomic E-state index is 4.06. The minimum absolute atomic E-state index is 0.619. The van der Waals surface area contributed by atoms with Crippen molar-refractivity contribution in [3.8, 4) is 0 Å². The molecule has 0 spiro atoms. The molecule has 1 fully saturated rings. The highest BCUT2D eigenvalue weighted by Crippen LogP contribution is 2.33. The Kier molecular flexibility index (Phi) is 1.80. The van der Waals surface area contributed by atoms with Crippen molar-refractivity contribution < 1.29 is 5.73 Å². The summed E-state index contributed by atoms with van der Waals surface area (Å²) in [5.74, 6) is 0. The average Bonchev–Trinajstić information content (AvgIpc) is 1.78. The lowest BCUT2D eigenvalue weighted by Crippen LogP contribution is -2.62. The molecule has 0 saturated heterocycles. The van der Waals surface area contributed by atoms with Crippen molar-refractivity contribution in [3.63, 3.8) is 0 Å². The maximum atomic E-state index is 4.06. The van der Waals surface area contributed by atoms with Crippen molar-refractivity contribution in [1.82, 2.24) is 0 Å². The van der Waals surface area contributed by atoms with Gasteiger partial charge in [-0.3, -0.25) is 0 Å². The number of rotatable bonds is 0. The molecule has 3 N–H and O–H groups in total. The molecule has 54 valence electrons. The average molecular weight is 128 g/mol. The fraction of sp³-hybridized carbons (Fsp3) is 1.00. The molecule has 0 aromatic heterocycles. The summed E-state index contributed by atoms with van der Waals surface area (Å²) in [5, 5.41) is 0. The van der Waals surface area contributed by atoms with Crippen LogP contribution in [0.25, 0.3) is 0 Å². The largest absolute Gasteiger partial charge is 0.355 e. The Balaban J connectivity index is 2.35. The summed E-state index contributed by atoms with van der Waals surface area (Å²) in [6.45, 7) is 4.72. The normalized spacial score (nSPS) is 28.3. The van der Waals surface area contributed by atoms with Crippen LogP contribution in [0.3, 0.4) is 0 Å². The molecule has 0 heterocycles. The van der Waals surface area contributed by atoms with Gasteiger partial charge in [-0.15, -0.1) is 0 Å². The van der Waals surface area contributed by atoms with Crippen LogP contribution in [-0.2, 0) is 0 Å². The summed E-state index contributed by atoms with van der Waals surface area (Å²) in [4.78, 5) is 0. The third kappa shape index (κ3) is 1.98. The monoisotopic (exact) mass is 128 g/mol. The Labute approximate surface area is 57.6 Å². The molecule has 0 aromatic rings. The van der Waals surface area contributed by atoms with E-state index in [9.17, 15) is 0 Å². The van der Waals surface area contributed by atoms with Gasteiger partial charge in [-0.25, -0.2) is 0 Å². The first-order chi connectivity index (χ1) is 4.10. The summed E-state index contributed by atoms with van der Waals surface area (Å²) < 4.78 is 0.